The van der Waals surface area contributed by atoms with Crippen molar-refractivity contribution in [2.45, 2.75) is 25.7 Å². The van der Waals surface area contributed by atoms with E-state index in [2.05, 4.69) is 24.3 Å². The van der Waals surface area contributed by atoms with E-state index in [1.807, 2.05) is 18.2 Å². The first-order valence-corrected chi connectivity index (χ1v) is 7.39. The number of carbonyl (C=O) groups is 1. The van der Waals surface area contributed by atoms with Crippen LogP contribution in [0.3, 0.4) is 0 Å². The number of carbonyl (C=O) groups excluding carboxylic acids is 1. The van der Waals surface area contributed by atoms with Gasteiger partial charge in [-0.15, -0.1) is 12.8 Å². The number of benzene rings is 1. The molecular formula is C19H17ClFeO. The minimum absolute atomic E-state index is 0. The van der Waals surface area contributed by atoms with Crippen molar-refractivity contribution in [2.24, 2.45) is 0 Å². The van der Waals surface area contributed by atoms with Crippen LogP contribution in [0.1, 0.15) is 36.0 Å². The van der Waals surface area contributed by atoms with Crippen LogP contribution in [0.15, 0.2) is 60.2 Å². The summed E-state index contributed by atoms with van der Waals surface area (Å²) in [5.41, 5.74) is 1.94. The summed E-state index contributed by atoms with van der Waals surface area (Å²) in [6.45, 7) is 0. The Morgan fingerprint density at radius 2 is 1.91 bits per heavy atom. The molecule has 0 saturated carbocycles. The third kappa shape index (κ3) is 6.61. The molecule has 22 heavy (non-hydrogen) atoms. The monoisotopic (exact) mass is 352 g/mol. The molecule has 3 rings (SSSR count). The van der Waals surface area contributed by atoms with Crippen molar-refractivity contribution in [2.75, 3.05) is 0 Å². The van der Waals surface area contributed by atoms with Crippen molar-refractivity contribution in [3.63, 3.8) is 0 Å². The summed E-state index contributed by atoms with van der Waals surface area (Å²) in [4.78, 5) is 11.8. The van der Waals surface area contributed by atoms with Gasteiger partial charge in [0.2, 0.25) is 0 Å². The maximum absolute atomic E-state index is 11.8. The topological polar surface area (TPSA) is 17.1 Å². The normalized spacial score (nSPS) is 14.1. The van der Waals surface area contributed by atoms with Gasteiger partial charge >= 0.3 is 17.1 Å². The Labute approximate surface area is 147 Å². The summed E-state index contributed by atoms with van der Waals surface area (Å²) in [6.07, 6.45) is 19.4. The van der Waals surface area contributed by atoms with Crippen LogP contribution in [0.5, 0.6) is 0 Å². The quantitative estimate of drug-likeness (QED) is 0.408. The van der Waals surface area contributed by atoms with Crippen LogP contribution in [0, 0.1) is 12.2 Å². The molecule has 1 aromatic carbocycles. The third-order valence-electron chi connectivity index (χ3n) is 3.16. The molecule has 1 aromatic rings. The summed E-state index contributed by atoms with van der Waals surface area (Å²) in [7, 11) is 0. The van der Waals surface area contributed by atoms with Crippen LogP contribution in [0.4, 0.5) is 0 Å². The van der Waals surface area contributed by atoms with Gasteiger partial charge in [0.25, 0.3) is 0 Å². The molecule has 0 amide bonds. The number of ketones is 1. The molecule has 0 unspecified atom stereocenters. The third-order valence-corrected chi connectivity index (χ3v) is 3.41. The van der Waals surface area contributed by atoms with Gasteiger partial charge in [0.05, 0.1) is 0 Å². The Morgan fingerprint density at radius 3 is 2.41 bits per heavy atom. The first-order valence-electron chi connectivity index (χ1n) is 7.02. The van der Waals surface area contributed by atoms with E-state index in [0.29, 0.717) is 11.4 Å². The van der Waals surface area contributed by atoms with Crippen LogP contribution in [-0.4, -0.2) is 5.78 Å². The van der Waals surface area contributed by atoms with E-state index in [1.165, 1.54) is 5.57 Å². The van der Waals surface area contributed by atoms with Gasteiger partial charge in [-0.2, -0.15) is 12.2 Å². The second-order valence-corrected chi connectivity index (χ2v) is 5.20. The van der Waals surface area contributed by atoms with E-state index in [4.69, 9.17) is 11.6 Å². The van der Waals surface area contributed by atoms with Crippen molar-refractivity contribution in [1.82, 2.24) is 0 Å². The average Bonchev–Trinajstić information content (AvgIpc) is 3.21. The molecule has 0 aliphatic heterocycles. The molecule has 0 saturated heterocycles. The van der Waals surface area contributed by atoms with E-state index in [9.17, 15) is 4.79 Å². The van der Waals surface area contributed by atoms with Gasteiger partial charge in [-0.3, -0.25) is 16.9 Å². The number of allylic oxidation sites excluding steroid dienone is 8. The first kappa shape index (κ1) is 18.7. The second-order valence-electron chi connectivity index (χ2n) is 4.76. The molecule has 1 nitrogen and oxygen atoms in total. The largest absolute Gasteiger partial charge is 2.00 e. The van der Waals surface area contributed by atoms with E-state index < -0.39 is 0 Å². The SMILES string of the molecule is O=C(CCC1=CC[C-]=C1)c1ccc(Cl)cc1.[C-]1=CC=CC1.[Fe+2]. The van der Waals surface area contributed by atoms with Crippen molar-refractivity contribution < 1.29 is 21.9 Å². The van der Waals surface area contributed by atoms with Crippen LogP contribution in [-0.2, 0) is 17.1 Å². The molecule has 0 N–H and O–H groups in total. The van der Waals surface area contributed by atoms with Crippen LogP contribution >= 0.6 is 11.6 Å². The Morgan fingerprint density at radius 1 is 1.14 bits per heavy atom. The second kappa shape index (κ2) is 10.4. The minimum atomic E-state index is 0. The molecule has 2 aliphatic rings. The van der Waals surface area contributed by atoms with Crippen LogP contribution < -0.4 is 0 Å². The molecule has 3 heteroatoms. The van der Waals surface area contributed by atoms with Crippen molar-refractivity contribution in [1.29, 1.82) is 0 Å². The van der Waals surface area contributed by atoms with E-state index in [1.54, 1.807) is 24.3 Å². The molecule has 0 bridgehead atoms. The summed E-state index contributed by atoms with van der Waals surface area (Å²) in [5, 5.41) is 0.660. The molecule has 0 heterocycles. The minimum Gasteiger partial charge on any atom is -0.294 e. The molecular weight excluding hydrogens is 336 g/mol. The van der Waals surface area contributed by atoms with Gasteiger partial charge in [-0.05, 0) is 30.7 Å². The predicted molar refractivity (Wildman–Crippen MR) is 87.1 cm³/mol. The molecule has 0 radical (unpaired) electrons. The molecule has 2 aliphatic carbocycles. The van der Waals surface area contributed by atoms with Crippen molar-refractivity contribution in [3.05, 3.63) is 83.0 Å². The average molecular weight is 353 g/mol. The predicted octanol–water partition coefficient (Wildman–Crippen LogP) is 5.30. The first-order chi connectivity index (χ1) is 10.3. The number of Topliss-reactive ketones (excluding diaryl/α,β-unsaturated/α-hetero) is 1. The summed E-state index contributed by atoms with van der Waals surface area (Å²) in [5.74, 6) is 0.165. The van der Waals surface area contributed by atoms with Gasteiger partial charge < -0.3 is 0 Å². The molecule has 0 aromatic heterocycles. The van der Waals surface area contributed by atoms with E-state index >= 15 is 0 Å². The van der Waals surface area contributed by atoms with Crippen molar-refractivity contribution in [3.8, 4) is 0 Å². The Kier molecular flexibility index (Phi) is 8.84. The standard InChI is InChI=1S/C14H12ClO.C5H5.Fe/c15-13-8-6-12(7-9-13)14(16)10-5-11-3-1-2-4-11;1-2-4-5-3-1;/h3-4,6-9H,1,5,10H2;1-3H,4H2;/q2*-1;+2. The fraction of sp³-hybridized carbons (Fsp3) is 0.211. The Balaban J connectivity index is 0.000000344. The maximum Gasteiger partial charge on any atom is 2.00 e. The maximum atomic E-state index is 11.8. The summed E-state index contributed by atoms with van der Waals surface area (Å²) in [6, 6.07) is 7.04. The number of hydrogen-bond donors (Lipinski definition) is 0. The molecule has 0 atom stereocenters. The van der Waals surface area contributed by atoms with Gasteiger partial charge in [-0.1, -0.05) is 18.0 Å². The fourth-order valence-corrected chi connectivity index (χ4v) is 2.12. The van der Waals surface area contributed by atoms with Gasteiger partial charge in [0.1, 0.15) is 0 Å². The van der Waals surface area contributed by atoms with Gasteiger partial charge in [0, 0.05) is 10.6 Å². The zero-order valence-corrected chi connectivity index (χ0v) is 14.0. The van der Waals surface area contributed by atoms with Gasteiger partial charge in [-0.25, -0.2) is 23.8 Å². The fourth-order valence-electron chi connectivity index (χ4n) is 1.99. The van der Waals surface area contributed by atoms with E-state index in [-0.39, 0.29) is 22.9 Å². The van der Waals surface area contributed by atoms with Crippen LogP contribution in [0.2, 0.25) is 5.02 Å². The van der Waals surface area contributed by atoms with Gasteiger partial charge in [0.15, 0.2) is 5.78 Å². The Hall–Kier alpha value is -1.34. The molecule has 0 spiro atoms. The Bertz CT molecular complexity index is 584. The molecule has 0 fully saturated rings. The van der Waals surface area contributed by atoms with E-state index in [0.717, 1.165) is 24.8 Å². The smallest absolute Gasteiger partial charge is 0.294 e. The van der Waals surface area contributed by atoms with Crippen molar-refractivity contribution >= 4 is 17.4 Å². The van der Waals surface area contributed by atoms with Crippen LogP contribution in [0.25, 0.3) is 0 Å². The zero-order chi connectivity index (χ0) is 14.9. The number of hydrogen-bond acceptors (Lipinski definition) is 1. The number of halogens is 1. The zero-order valence-electron chi connectivity index (χ0n) is 12.2. The molecule has 114 valence electrons. The summed E-state index contributed by atoms with van der Waals surface area (Å²) >= 11 is 5.76. The number of rotatable bonds is 4. The summed E-state index contributed by atoms with van der Waals surface area (Å²) < 4.78 is 0.